The van der Waals surface area contributed by atoms with Crippen molar-refractivity contribution in [1.82, 2.24) is 9.38 Å². The van der Waals surface area contributed by atoms with E-state index in [1.165, 1.54) is 5.56 Å². The Labute approximate surface area is 164 Å². The van der Waals surface area contributed by atoms with Gasteiger partial charge in [0.15, 0.2) is 0 Å². The number of aromatic nitrogens is 2. The minimum Gasteiger partial charge on any atom is -0.326 e. The van der Waals surface area contributed by atoms with Crippen LogP contribution in [-0.4, -0.2) is 15.3 Å². The predicted octanol–water partition coefficient (Wildman–Crippen LogP) is 5.11. The number of hydrogen-bond acceptors (Lipinski definition) is 2. The minimum atomic E-state index is -0.0793. The summed E-state index contributed by atoms with van der Waals surface area (Å²) in [5.41, 5.74) is 6.16. The molecular formula is C24H23N3O. The van der Waals surface area contributed by atoms with Gasteiger partial charge in [-0.3, -0.25) is 4.79 Å². The van der Waals surface area contributed by atoms with Gasteiger partial charge in [0.25, 0.3) is 0 Å². The molecule has 0 aliphatic rings. The second-order valence-corrected chi connectivity index (χ2v) is 7.20. The van der Waals surface area contributed by atoms with Crippen molar-refractivity contribution in [2.75, 3.05) is 5.32 Å². The first-order valence-corrected chi connectivity index (χ1v) is 9.45. The van der Waals surface area contributed by atoms with E-state index in [-0.39, 0.29) is 11.8 Å². The highest BCUT2D eigenvalue weighted by Crippen LogP contribution is 2.29. The van der Waals surface area contributed by atoms with Crippen LogP contribution in [0.4, 0.5) is 5.69 Å². The normalized spacial score (nSPS) is 12.1. The van der Waals surface area contributed by atoms with E-state index in [0.717, 1.165) is 28.2 Å². The van der Waals surface area contributed by atoms with Crippen LogP contribution < -0.4 is 5.32 Å². The molecule has 2 heterocycles. The molecule has 0 fully saturated rings. The molecule has 0 saturated carbocycles. The van der Waals surface area contributed by atoms with Crippen molar-refractivity contribution in [2.24, 2.45) is 0 Å². The van der Waals surface area contributed by atoms with Crippen LogP contribution in [0.15, 0.2) is 79.1 Å². The van der Waals surface area contributed by atoms with Gasteiger partial charge in [-0.25, -0.2) is 4.98 Å². The number of anilines is 1. The number of benzene rings is 2. The second-order valence-electron chi connectivity index (χ2n) is 7.20. The summed E-state index contributed by atoms with van der Waals surface area (Å²) >= 11 is 0. The molecule has 1 N–H and O–H groups in total. The number of hydrogen-bond donors (Lipinski definition) is 1. The zero-order chi connectivity index (χ0) is 19.5. The summed E-state index contributed by atoms with van der Waals surface area (Å²) in [7, 11) is 0. The van der Waals surface area contributed by atoms with Crippen LogP contribution in [0.5, 0.6) is 0 Å². The number of carbonyl (C=O) groups excluding carboxylic acids is 1. The van der Waals surface area contributed by atoms with Crippen molar-refractivity contribution in [3.8, 4) is 0 Å². The Hall–Kier alpha value is -3.40. The number of nitrogens with zero attached hydrogens (tertiary/aromatic N) is 2. The molecular weight excluding hydrogens is 346 g/mol. The van der Waals surface area contributed by atoms with E-state index in [2.05, 4.69) is 45.9 Å². The number of nitrogens with one attached hydrogen (secondary N) is 1. The molecule has 0 spiro atoms. The molecule has 4 aromatic rings. The summed E-state index contributed by atoms with van der Waals surface area (Å²) < 4.78 is 2.07. The standard InChI is InChI=1S/C24H23N3O/c1-17-8-10-20(11-9-17)26-24(28)15-21(19-6-4-3-5-7-19)22-16-25-23-14-18(2)12-13-27(22)23/h3-14,16,21H,15H2,1-2H3,(H,26,28). The van der Waals surface area contributed by atoms with Crippen LogP contribution in [0.3, 0.4) is 0 Å². The Morgan fingerprint density at radius 1 is 1.00 bits per heavy atom. The van der Waals surface area contributed by atoms with E-state index in [0.29, 0.717) is 6.42 Å². The molecule has 140 valence electrons. The molecule has 4 rings (SSSR count). The van der Waals surface area contributed by atoms with Crippen molar-refractivity contribution >= 4 is 17.2 Å². The maximum Gasteiger partial charge on any atom is 0.225 e. The first kappa shape index (κ1) is 18.0. The van der Waals surface area contributed by atoms with Gasteiger partial charge in [0.2, 0.25) is 5.91 Å². The van der Waals surface area contributed by atoms with E-state index in [1.54, 1.807) is 0 Å². The monoisotopic (exact) mass is 369 g/mol. The largest absolute Gasteiger partial charge is 0.326 e. The van der Waals surface area contributed by atoms with Crippen LogP contribution in [0.25, 0.3) is 5.65 Å². The molecule has 1 atom stereocenters. The number of fused-ring (bicyclic) bond motifs is 1. The molecule has 1 amide bonds. The molecule has 0 aliphatic carbocycles. The zero-order valence-corrected chi connectivity index (χ0v) is 16.1. The Bertz CT molecular complexity index is 1100. The fraction of sp³-hybridized carbons (Fsp3) is 0.167. The lowest BCUT2D eigenvalue weighted by atomic mass is 9.92. The number of amides is 1. The van der Waals surface area contributed by atoms with Gasteiger partial charge in [0, 0.05) is 30.4 Å². The first-order chi connectivity index (χ1) is 13.6. The van der Waals surface area contributed by atoms with E-state index < -0.39 is 0 Å². The number of imidazole rings is 1. The number of pyridine rings is 1. The van der Waals surface area contributed by atoms with Crippen molar-refractivity contribution in [1.29, 1.82) is 0 Å². The summed E-state index contributed by atoms with van der Waals surface area (Å²) in [6.45, 7) is 4.08. The smallest absolute Gasteiger partial charge is 0.225 e. The topological polar surface area (TPSA) is 46.4 Å². The summed E-state index contributed by atoms with van der Waals surface area (Å²) in [4.78, 5) is 17.4. The van der Waals surface area contributed by atoms with E-state index in [1.807, 2.05) is 61.8 Å². The van der Waals surface area contributed by atoms with Crippen molar-refractivity contribution in [3.05, 3.63) is 102 Å². The maximum atomic E-state index is 12.8. The third-order valence-electron chi connectivity index (χ3n) is 4.98. The Morgan fingerprint density at radius 3 is 2.50 bits per heavy atom. The van der Waals surface area contributed by atoms with Crippen LogP contribution in [0.1, 0.15) is 34.7 Å². The molecule has 0 bridgehead atoms. The van der Waals surface area contributed by atoms with Crippen molar-refractivity contribution in [3.63, 3.8) is 0 Å². The third kappa shape index (κ3) is 3.81. The van der Waals surface area contributed by atoms with Gasteiger partial charge in [-0.1, -0.05) is 48.0 Å². The van der Waals surface area contributed by atoms with Crippen LogP contribution in [0, 0.1) is 13.8 Å². The molecule has 1 unspecified atom stereocenters. The van der Waals surface area contributed by atoms with Crippen LogP contribution >= 0.6 is 0 Å². The molecule has 4 nitrogen and oxygen atoms in total. The molecule has 2 aromatic heterocycles. The second kappa shape index (κ2) is 7.69. The lowest BCUT2D eigenvalue weighted by Gasteiger charge is -2.17. The van der Waals surface area contributed by atoms with E-state index >= 15 is 0 Å². The first-order valence-electron chi connectivity index (χ1n) is 9.45. The van der Waals surface area contributed by atoms with Gasteiger partial charge < -0.3 is 9.72 Å². The van der Waals surface area contributed by atoms with E-state index in [4.69, 9.17) is 0 Å². The highest BCUT2D eigenvalue weighted by molar-refractivity contribution is 5.91. The summed E-state index contributed by atoms with van der Waals surface area (Å²) in [6.07, 6.45) is 4.26. The fourth-order valence-corrected chi connectivity index (χ4v) is 3.47. The molecule has 0 aliphatic heterocycles. The molecule has 28 heavy (non-hydrogen) atoms. The molecule has 4 heteroatoms. The van der Waals surface area contributed by atoms with Gasteiger partial charge >= 0.3 is 0 Å². The summed E-state index contributed by atoms with van der Waals surface area (Å²) in [5, 5.41) is 3.02. The lowest BCUT2D eigenvalue weighted by Crippen LogP contribution is -2.17. The predicted molar refractivity (Wildman–Crippen MR) is 113 cm³/mol. The minimum absolute atomic E-state index is 0.0141. The molecule has 2 aromatic carbocycles. The maximum absolute atomic E-state index is 12.8. The highest BCUT2D eigenvalue weighted by Gasteiger charge is 2.22. The average molecular weight is 369 g/mol. The van der Waals surface area contributed by atoms with Crippen LogP contribution in [0.2, 0.25) is 0 Å². The molecule has 0 saturated heterocycles. The lowest BCUT2D eigenvalue weighted by molar-refractivity contribution is -0.116. The highest BCUT2D eigenvalue weighted by atomic mass is 16.1. The third-order valence-corrected chi connectivity index (χ3v) is 4.98. The van der Waals surface area contributed by atoms with Gasteiger partial charge in [0.1, 0.15) is 5.65 Å². The quantitative estimate of drug-likeness (QED) is 0.531. The fourth-order valence-electron chi connectivity index (χ4n) is 3.47. The SMILES string of the molecule is Cc1ccc(NC(=O)CC(c2ccccc2)c2cnc3cc(C)ccn23)cc1. The number of rotatable bonds is 5. The van der Waals surface area contributed by atoms with Gasteiger partial charge in [-0.05, 0) is 49.2 Å². The Kier molecular flexibility index (Phi) is 4.94. The number of aryl methyl sites for hydroxylation is 2. The average Bonchev–Trinajstić information content (AvgIpc) is 3.11. The Morgan fingerprint density at radius 2 is 1.75 bits per heavy atom. The van der Waals surface area contributed by atoms with E-state index in [9.17, 15) is 4.79 Å². The van der Waals surface area contributed by atoms with Gasteiger partial charge in [0.05, 0.1) is 5.69 Å². The van der Waals surface area contributed by atoms with Gasteiger partial charge in [-0.15, -0.1) is 0 Å². The zero-order valence-electron chi connectivity index (χ0n) is 16.1. The molecule has 0 radical (unpaired) electrons. The Balaban J connectivity index is 1.66. The number of carbonyl (C=O) groups is 1. The summed E-state index contributed by atoms with van der Waals surface area (Å²) in [6, 6.07) is 22.1. The summed E-state index contributed by atoms with van der Waals surface area (Å²) in [5.74, 6) is -0.0934. The van der Waals surface area contributed by atoms with Crippen LogP contribution in [-0.2, 0) is 4.79 Å². The van der Waals surface area contributed by atoms with Gasteiger partial charge in [-0.2, -0.15) is 0 Å². The van der Waals surface area contributed by atoms with Crippen molar-refractivity contribution in [2.45, 2.75) is 26.2 Å². The van der Waals surface area contributed by atoms with Crippen molar-refractivity contribution < 1.29 is 4.79 Å².